The maximum atomic E-state index is 8.39. The van der Waals surface area contributed by atoms with Crippen LogP contribution in [0.15, 0.2) is 0 Å². The fraction of sp³-hybridized carbons (Fsp3) is 1.00. The van der Waals surface area contributed by atoms with Crippen molar-refractivity contribution in [3.63, 3.8) is 0 Å². The van der Waals surface area contributed by atoms with E-state index >= 15 is 0 Å². The molecule has 4 rings (SSSR count). The highest BCUT2D eigenvalue weighted by Crippen LogP contribution is 2.39. The number of hydrogen-bond acceptors (Lipinski definition) is 8. The van der Waals surface area contributed by atoms with Crippen LogP contribution < -0.4 is 0 Å². The van der Waals surface area contributed by atoms with E-state index in [1.165, 1.54) is 0 Å². The first kappa shape index (κ1) is 23.3. The molecule has 0 aliphatic carbocycles. The van der Waals surface area contributed by atoms with E-state index in [1.807, 2.05) is 0 Å². The van der Waals surface area contributed by atoms with Gasteiger partial charge < -0.3 is 38.6 Å². The van der Waals surface area contributed by atoms with E-state index in [0.717, 1.165) is 52.1 Å². The molecule has 8 heteroatoms. The Hall–Kier alpha value is -0.320. The molecule has 0 aromatic heterocycles. The standard InChI is InChI=1S/C17H28O6.C4H10O2/c1-2-12(18-8-15-9-21-15)3-17(4-13-6-19-13,5-14-7-20-14)23-11-16-10-22-16;1-4(6)2-3-5/h12-16H,2-11H2,1H3;4-6H,2-3H2,1H3. The first-order valence-corrected chi connectivity index (χ1v) is 11.0. The van der Waals surface area contributed by atoms with Crippen molar-refractivity contribution in [1.29, 1.82) is 0 Å². The summed E-state index contributed by atoms with van der Waals surface area (Å²) < 4.78 is 34.1. The average molecular weight is 419 g/mol. The van der Waals surface area contributed by atoms with Crippen molar-refractivity contribution in [2.75, 3.05) is 46.2 Å². The second-order valence-electron chi connectivity index (χ2n) is 8.65. The molecule has 4 aliphatic rings. The van der Waals surface area contributed by atoms with Gasteiger partial charge in [-0.3, -0.25) is 0 Å². The van der Waals surface area contributed by atoms with Crippen molar-refractivity contribution in [3.8, 4) is 0 Å². The third-order valence-corrected chi connectivity index (χ3v) is 5.50. The summed E-state index contributed by atoms with van der Waals surface area (Å²) in [5.41, 5.74) is -0.223. The first-order chi connectivity index (χ1) is 14.0. The van der Waals surface area contributed by atoms with Gasteiger partial charge in [0.2, 0.25) is 0 Å². The predicted octanol–water partition coefficient (Wildman–Crippen LogP) is 1.05. The molecule has 0 saturated carbocycles. The summed E-state index contributed by atoms with van der Waals surface area (Å²) in [4.78, 5) is 0. The lowest BCUT2D eigenvalue weighted by atomic mass is 9.85. The summed E-state index contributed by atoms with van der Waals surface area (Å²) in [5, 5.41) is 16.5. The van der Waals surface area contributed by atoms with Crippen molar-refractivity contribution >= 4 is 0 Å². The molecule has 0 radical (unpaired) electrons. The topological polar surface area (TPSA) is 109 Å². The molecule has 4 saturated heterocycles. The van der Waals surface area contributed by atoms with E-state index in [2.05, 4.69) is 6.92 Å². The zero-order valence-electron chi connectivity index (χ0n) is 17.8. The third kappa shape index (κ3) is 10.0. The second-order valence-corrected chi connectivity index (χ2v) is 8.65. The van der Waals surface area contributed by atoms with Crippen LogP contribution >= 0.6 is 0 Å². The molecule has 8 nitrogen and oxygen atoms in total. The van der Waals surface area contributed by atoms with E-state index in [9.17, 15) is 0 Å². The smallest absolute Gasteiger partial charge is 0.104 e. The Balaban J connectivity index is 0.000000353. The maximum Gasteiger partial charge on any atom is 0.104 e. The van der Waals surface area contributed by atoms with E-state index in [-0.39, 0.29) is 30.5 Å². The molecule has 0 aromatic rings. The molecule has 4 heterocycles. The number of aliphatic hydroxyl groups excluding tert-OH is 2. The van der Waals surface area contributed by atoms with Gasteiger partial charge in [-0.1, -0.05) is 6.92 Å². The Labute approximate surface area is 173 Å². The minimum absolute atomic E-state index is 0.0810. The SMILES string of the molecule is CC(O)CCO.CCC(CC(CC1CO1)(CC1CO1)OCC1CO1)OCC1CO1. The number of epoxide rings is 4. The molecule has 170 valence electrons. The molecule has 6 unspecified atom stereocenters. The molecule has 6 atom stereocenters. The summed E-state index contributed by atoms with van der Waals surface area (Å²) in [6.45, 7) is 8.63. The van der Waals surface area contributed by atoms with Gasteiger partial charge in [-0.2, -0.15) is 0 Å². The van der Waals surface area contributed by atoms with Gasteiger partial charge in [0.25, 0.3) is 0 Å². The molecular formula is C21H38O8. The Morgan fingerprint density at radius 2 is 1.45 bits per heavy atom. The minimum Gasteiger partial charge on any atom is -0.396 e. The van der Waals surface area contributed by atoms with Gasteiger partial charge in [0, 0.05) is 25.9 Å². The Kier molecular flexibility index (Phi) is 9.13. The molecular weight excluding hydrogens is 380 g/mol. The van der Waals surface area contributed by atoms with Gasteiger partial charge in [0.05, 0.1) is 69.7 Å². The van der Waals surface area contributed by atoms with Crippen LogP contribution in [0.1, 0.15) is 46.0 Å². The van der Waals surface area contributed by atoms with Crippen molar-refractivity contribution in [2.24, 2.45) is 0 Å². The predicted molar refractivity (Wildman–Crippen MR) is 105 cm³/mol. The summed E-state index contributed by atoms with van der Waals surface area (Å²) >= 11 is 0. The van der Waals surface area contributed by atoms with Crippen LogP contribution in [0.5, 0.6) is 0 Å². The van der Waals surface area contributed by atoms with Crippen LogP contribution in [0.4, 0.5) is 0 Å². The van der Waals surface area contributed by atoms with Gasteiger partial charge >= 0.3 is 0 Å². The van der Waals surface area contributed by atoms with Gasteiger partial charge in [-0.05, 0) is 19.8 Å². The van der Waals surface area contributed by atoms with Crippen LogP contribution in [-0.2, 0) is 28.4 Å². The van der Waals surface area contributed by atoms with Gasteiger partial charge in [0.1, 0.15) is 12.2 Å². The van der Waals surface area contributed by atoms with Crippen LogP contribution in [0.3, 0.4) is 0 Å². The van der Waals surface area contributed by atoms with E-state index in [0.29, 0.717) is 37.9 Å². The summed E-state index contributed by atoms with van der Waals surface area (Å²) in [5.74, 6) is 0. The zero-order chi connectivity index (χ0) is 20.7. The number of hydrogen-bond donors (Lipinski definition) is 2. The monoisotopic (exact) mass is 418 g/mol. The first-order valence-electron chi connectivity index (χ1n) is 11.0. The van der Waals surface area contributed by atoms with E-state index in [1.54, 1.807) is 6.92 Å². The van der Waals surface area contributed by atoms with Gasteiger partial charge in [-0.15, -0.1) is 0 Å². The second kappa shape index (κ2) is 11.3. The fourth-order valence-electron chi connectivity index (χ4n) is 3.39. The van der Waals surface area contributed by atoms with Gasteiger partial charge in [0.15, 0.2) is 0 Å². The summed E-state index contributed by atoms with van der Waals surface area (Å²) in [7, 11) is 0. The lowest BCUT2D eigenvalue weighted by Gasteiger charge is -2.36. The largest absolute Gasteiger partial charge is 0.396 e. The Morgan fingerprint density at radius 3 is 1.83 bits per heavy atom. The summed E-state index contributed by atoms with van der Waals surface area (Å²) in [6.07, 6.45) is 5.30. The normalized spacial score (nSPS) is 33.1. The maximum absolute atomic E-state index is 8.39. The lowest BCUT2D eigenvalue weighted by Crippen LogP contribution is -2.41. The quantitative estimate of drug-likeness (QED) is 0.380. The number of ether oxygens (including phenoxy) is 6. The number of rotatable bonds is 15. The van der Waals surface area contributed by atoms with Crippen LogP contribution in [0, 0.1) is 0 Å². The third-order valence-electron chi connectivity index (χ3n) is 5.50. The molecule has 0 bridgehead atoms. The summed E-state index contributed by atoms with van der Waals surface area (Å²) in [6, 6.07) is 0. The van der Waals surface area contributed by atoms with Crippen molar-refractivity contribution in [2.45, 2.75) is 88.2 Å². The number of aliphatic hydroxyl groups is 2. The van der Waals surface area contributed by atoms with Gasteiger partial charge in [-0.25, -0.2) is 0 Å². The lowest BCUT2D eigenvalue weighted by molar-refractivity contribution is -0.107. The van der Waals surface area contributed by atoms with Crippen molar-refractivity contribution in [3.05, 3.63) is 0 Å². The molecule has 0 amide bonds. The molecule has 4 fully saturated rings. The minimum atomic E-state index is -0.352. The molecule has 2 N–H and O–H groups in total. The molecule has 4 aliphatic heterocycles. The van der Waals surface area contributed by atoms with Crippen LogP contribution in [-0.4, -0.2) is 98.7 Å². The highest BCUT2D eigenvalue weighted by Gasteiger charge is 2.45. The Morgan fingerprint density at radius 1 is 0.931 bits per heavy atom. The fourth-order valence-corrected chi connectivity index (χ4v) is 3.39. The van der Waals surface area contributed by atoms with Crippen molar-refractivity contribution < 1.29 is 38.6 Å². The average Bonchev–Trinajstić information content (AvgIpc) is 3.54. The van der Waals surface area contributed by atoms with E-state index in [4.69, 9.17) is 38.6 Å². The highest BCUT2D eigenvalue weighted by molar-refractivity contribution is 4.95. The van der Waals surface area contributed by atoms with Crippen molar-refractivity contribution in [1.82, 2.24) is 0 Å². The van der Waals surface area contributed by atoms with Crippen LogP contribution in [0.2, 0.25) is 0 Å². The molecule has 0 spiro atoms. The highest BCUT2D eigenvalue weighted by atomic mass is 16.6. The Bertz CT molecular complexity index is 444. The van der Waals surface area contributed by atoms with Crippen LogP contribution in [0.25, 0.3) is 0 Å². The molecule has 29 heavy (non-hydrogen) atoms. The zero-order valence-corrected chi connectivity index (χ0v) is 17.8. The van der Waals surface area contributed by atoms with E-state index < -0.39 is 0 Å². The molecule has 0 aromatic carbocycles.